The van der Waals surface area contributed by atoms with Gasteiger partial charge in [0.25, 0.3) is 0 Å². The maximum absolute atomic E-state index is 11.9. The molecule has 2 aliphatic heterocycles. The Labute approximate surface area is 274 Å². The van der Waals surface area contributed by atoms with Crippen molar-refractivity contribution in [1.29, 1.82) is 0 Å². The van der Waals surface area contributed by atoms with E-state index in [1.54, 1.807) is 6.20 Å². The maximum Gasteiger partial charge on any atom is 0.246 e. The quantitative estimate of drug-likeness (QED) is 0.101. The first kappa shape index (κ1) is 39.7. The molecule has 2 N–H and O–H groups in total. The Kier molecular flexibility index (Phi) is 19.7. The van der Waals surface area contributed by atoms with E-state index < -0.39 is 0 Å². The number of aromatic nitrogens is 1. The van der Waals surface area contributed by atoms with Crippen LogP contribution in [-0.4, -0.2) is 79.2 Å². The Balaban J connectivity index is 0.00000243. The molecule has 2 aliphatic rings. The molecule has 0 saturated carbocycles. The lowest BCUT2D eigenvalue weighted by Gasteiger charge is -2.45. The van der Waals surface area contributed by atoms with Gasteiger partial charge in [-0.3, -0.25) is 9.69 Å². The van der Waals surface area contributed by atoms with Gasteiger partial charge in [-0.1, -0.05) is 72.6 Å². The number of ether oxygens (including phenoxy) is 2. The van der Waals surface area contributed by atoms with Crippen molar-refractivity contribution in [2.45, 2.75) is 87.3 Å². The second kappa shape index (κ2) is 22.3. The number of morpholine rings is 1. The number of terminal acetylenes is 1. The molecular formula is C37H61N5O3. The highest BCUT2D eigenvalue weighted by molar-refractivity contribution is 5.87. The molecular weight excluding hydrogens is 562 g/mol. The molecule has 0 spiro atoms. The number of nitrogens with zero attached hydrogens (tertiary/aromatic N) is 4. The van der Waals surface area contributed by atoms with Crippen LogP contribution in [0.15, 0.2) is 48.4 Å². The number of hydrogen-bond donors (Lipinski definition) is 1. The van der Waals surface area contributed by atoms with E-state index >= 15 is 0 Å². The van der Waals surface area contributed by atoms with Crippen molar-refractivity contribution in [1.82, 2.24) is 14.8 Å². The first-order chi connectivity index (χ1) is 21.9. The van der Waals surface area contributed by atoms with E-state index in [2.05, 4.69) is 60.2 Å². The average molecular weight is 624 g/mol. The van der Waals surface area contributed by atoms with Crippen LogP contribution in [0.3, 0.4) is 0 Å². The van der Waals surface area contributed by atoms with Crippen LogP contribution in [0.25, 0.3) is 0 Å². The number of likely N-dealkylation sites (N-methyl/N-ethyl adjacent to an activating group) is 1. The first-order valence-corrected chi connectivity index (χ1v) is 17.1. The molecule has 2 atom stereocenters. The molecule has 1 aromatic rings. The van der Waals surface area contributed by atoms with Gasteiger partial charge in [0, 0.05) is 44.1 Å². The number of carbonyl (C=O) groups is 1. The zero-order chi connectivity index (χ0) is 33.8. The Morgan fingerprint density at radius 1 is 1.22 bits per heavy atom. The third kappa shape index (κ3) is 11.9. The van der Waals surface area contributed by atoms with Crippen LogP contribution in [0, 0.1) is 24.2 Å². The number of anilines is 2. The van der Waals surface area contributed by atoms with Gasteiger partial charge in [-0.25, -0.2) is 4.98 Å². The minimum absolute atomic E-state index is 0.0227. The molecule has 2 unspecified atom stereocenters. The van der Waals surface area contributed by atoms with Gasteiger partial charge in [0.05, 0.1) is 24.7 Å². The van der Waals surface area contributed by atoms with E-state index in [-0.39, 0.29) is 11.8 Å². The van der Waals surface area contributed by atoms with Gasteiger partial charge in [0.1, 0.15) is 18.2 Å². The molecule has 252 valence electrons. The van der Waals surface area contributed by atoms with Crippen molar-refractivity contribution < 1.29 is 14.3 Å². The molecule has 0 aliphatic carbocycles. The molecule has 0 radical (unpaired) electrons. The molecule has 8 nitrogen and oxygen atoms in total. The molecule has 45 heavy (non-hydrogen) atoms. The minimum atomic E-state index is -0.176. The van der Waals surface area contributed by atoms with E-state index in [4.69, 9.17) is 21.6 Å². The van der Waals surface area contributed by atoms with Crippen molar-refractivity contribution in [3.05, 3.63) is 54.0 Å². The van der Waals surface area contributed by atoms with Gasteiger partial charge in [-0.05, 0) is 63.4 Å². The van der Waals surface area contributed by atoms with Crippen molar-refractivity contribution in [3.8, 4) is 12.3 Å². The summed E-state index contributed by atoms with van der Waals surface area (Å²) < 4.78 is 11.9. The van der Waals surface area contributed by atoms with Gasteiger partial charge in [-0.15, -0.1) is 6.42 Å². The number of nitrogens with two attached hydrogens (primary N) is 1. The number of pyridine rings is 1. The van der Waals surface area contributed by atoms with Gasteiger partial charge in [0.15, 0.2) is 0 Å². The summed E-state index contributed by atoms with van der Waals surface area (Å²) in [6.07, 6.45) is 16.3. The minimum Gasteiger partial charge on any atom is -0.492 e. The molecule has 3 heterocycles. The van der Waals surface area contributed by atoms with Gasteiger partial charge in [-0.2, -0.15) is 0 Å². The van der Waals surface area contributed by atoms with Crippen LogP contribution in [0.2, 0.25) is 0 Å². The topological polar surface area (TPSA) is 84.2 Å². The van der Waals surface area contributed by atoms with E-state index in [0.717, 1.165) is 75.5 Å². The van der Waals surface area contributed by atoms with Crippen LogP contribution in [0.4, 0.5) is 11.5 Å². The van der Waals surface area contributed by atoms with Crippen LogP contribution in [0.1, 0.15) is 80.2 Å². The number of amides is 1. The fourth-order valence-electron chi connectivity index (χ4n) is 5.60. The fourth-order valence-corrected chi connectivity index (χ4v) is 5.60. The predicted molar refractivity (Wildman–Crippen MR) is 190 cm³/mol. The van der Waals surface area contributed by atoms with E-state index in [0.29, 0.717) is 37.6 Å². The molecule has 0 bridgehead atoms. The van der Waals surface area contributed by atoms with Crippen LogP contribution < -0.4 is 10.6 Å². The predicted octanol–water partition coefficient (Wildman–Crippen LogP) is 6.69. The summed E-state index contributed by atoms with van der Waals surface area (Å²) in [6.45, 7) is 27.1. The normalized spacial score (nSPS) is 16.7. The highest BCUT2D eigenvalue weighted by Gasteiger charge is 2.33. The third-order valence-corrected chi connectivity index (χ3v) is 8.40. The highest BCUT2D eigenvalue weighted by atomic mass is 16.5. The zero-order valence-electron chi connectivity index (χ0n) is 29.5. The summed E-state index contributed by atoms with van der Waals surface area (Å²) >= 11 is 0. The van der Waals surface area contributed by atoms with E-state index in [9.17, 15) is 4.79 Å². The summed E-state index contributed by atoms with van der Waals surface area (Å²) in [5, 5.41) is 0. The van der Waals surface area contributed by atoms with Crippen molar-refractivity contribution in [2.75, 3.05) is 63.1 Å². The molecule has 1 aromatic heterocycles. The largest absolute Gasteiger partial charge is 0.492 e. The molecule has 2 fully saturated rings. The number of nitrogen functional groups attached to an aromatic ring is 1. The second-order valence-electron chi connectivity index (χ2n) is 10.8. The standard InChI is InChI=1S/C33H49N5O3.2C2H6/c1-7-25(6)31(41-24-29-30(14-16-35-33(29)34)37-18-20-40-21-19-37)13-12-26(8-2)27(9-3)15-17-36(11-5)28-22-38(23-28)32(39)10-4;2*1-2/h1,10,12-14,16,25,27-28H,4,8-9,11,15,17-24H2,2-3,5-6H3,(H2,34,35);2*1-2H3/b26-12+,31-13+;;. The lowest BCUT2D eigenvalue weighted by molar-refractivity contribution is -0.133. The Bertz CT molecular complexity index is 1110. The number of rotatable bonds is 15. The second-order valence-corrected chi connectivity index (χ2v) is 10.8. The van der Waals surface area contributed by atoms with Crippen molar-refractivity contribution in [3.63, 3.8) is 0 Å². The molecule has 1 amide bonds. The van der Waals surface area contributed by atoms with Crippen molar-refractivity contribution >= 4 is 17.4 Å². The fraction of sp³-hybridized carbons (Fsp3) is 0.622. The Morgan fingerprint density at radius 3 is 2.44 bits per heavy atom. The average Bonchev–Trinajstić information content (AvgIpc) is 3.07. The SMILES string of the molecule is C#CC(C)/C(=C\C=C(/CC)C(CC)CCN(CC)C1CN(C(=O)C=C)C1)OCc1c(N2CCOCC2)ccnc1N.CC.CC. The van der Waals surface area contributed by atoms with Gasteiger partial charge >= 0.3 is 0 Å². The van der Waals surface area contributed by atoms with Gasteiger partial charge in [0.2, 0.25) is 5.91 Å². The summed E-state index contributed by atoms with van der Waals surface area (Å²) in [6, 6.07) is 2.42. The van der Waals surface area contributed by atoms with E-state index in [1.165, 1.54) is 11.6 Å². The summed E-state index contributed by atoms with van der Waals surface area (Å²) in [5.74, 6) is 4.36. The number of allylic oxidation sites excluding steroid dienone is 4. The Morgan fingerprint density at radius 2 is 1.89 bits per heavy atom. The van der Waals surface area contributed by atoms with E-state index in [1.807, 2.05) is 45.6 Å². The summed E-state index contributed by atoms with van der Waals surface area (Å²) in [4.78, 5) is 22.8. The van der Waals surface area contributed by atoms with Gasteiger partial charge < -0.3 is 25.0 Å². The molecule has 2 saturated heterocycles. The Hall–Kier alpha value is -3.28. The lowest BCUT2D eigenvalue weighted by atomic mass is 9.90. The monoisotopic (exact) mass is 623 g/mol. The highest BCUT2D eigenvalue weighted by Crippen LogP contribution is 2.29. The molecule has 0 aromatic carbocycles. The van der Waals surface area contributed by atoms with Crippen LogP contribution in [-0.2, 0) is 20.9 Å². The number of likely N-dealkylation sites (tertiary alicyclic amines) is 1. The van der Waals surface area contributed by atoms with Crippen LogP contribution in [0.5, 0.6) is 0 Å². The lowest BCUT2D eigenvalue weighted by Crippen LogP contribution is -2.60. The third-order valence-electron chi connectivity index (χ3n) is 8.40. The smallest absolute Gasteiger partial charge is 0.246 e. The number of hydrogen-bond acceptors (Lipinski definition) is 7. The summed E-state index contributed by atoms with van der Waals surface area (Å²) in [5.41, 5.74) is 9.61. The number of carbonyl (C=O) groups excluding carboxylic acids is 1. The zero-order valence-corrected chi connectivity index (χ0v) is 29.5. The maximum atomic E-state index is 11.9. The molecule has 3 rings (SSSR count). The summed E-state index contributed by atoms with van der Waals surface area (Å²) in [7, 11) is 0. The first-order valence-electron chi connectivity index (χ1n) is 17.1. The van der Waals surface area contributed by atoms with Crippen molar-refractivity contribution in [2.24, 2.45) is 11.8 Å². The van der Waals surface area contributed by atoms with Crippen LogP contribution >= 0.6 is 0 Å². The molecule has 8 heteroatoms.